The molecule has 1 aromatic carbocycles. The van der Waals surface area contributed by atoms with E-state index in [0.29, 0.717) is 30.3 Å². The van der Waals surface area contributed by atoms with Gasteiger partial charge in [0.1, 0.15) is 6.54 Å². The van der Waals surface area contributed by atoms with Crippen LogP contribution < -0.4 is 9.47 Å². The van der Waals surface area contributed by atoms with Gasteiger partial charge in [0.15, 0.2) is 11.5 Å². The maximum Gasteiger partial charge on any atom is 0.264 e. The van der Waals surface area contributed by atoms with E-state index in [-0.39, 0.29) is 31.1 Å². The number of hydrogen-bond acceptors (Lipinski definition) is 6. The molecule has 0 saturated carbocycles. The summed E-state index contributed by atoms with van der Waals surface area (Å²) in [4.78, 5) is 32.0. The summed E-state index contributed by atoms with van der Waals surface area (Å²) < 4.78 is 10.9. The van der Waals surface area contributed by atoms with E-state index in [2.05, 4.69) is 26.8 Å². The number of carbonyl (C=O) groups is 2. The molecule has 2 aromatic heterocycles. The number of benzene rings is 1. The van der Waals surface area contributed by atoms with E-state index in [0.717, 1.165) is 21.8 Å². The zero-order chi connectivity index (χ0) is 23.4. The van der Waals surface area contributed by atoms with Crippen molar-refractivity contribution in [1.29, 1.82) is 0 Å². The minimum atomic E-state index is -0.0950. The maximum atomic E-state index is 13.6. The van der Waals surface area contributed by atoms with E-state index < -0.39 is 0 Å². The standard InChI is InChI=1S/C25H28N2O4S2/c1-17(2)12-27(25(29)22-5-4-9-32-22)15-24(28)26(14-23-18(3)8-10-33-23)13-19-6-7-20-21(11-19)31-16-30-20/h4-11,17H,12-16H2,1-3H3. The van der Waals surface area contributed by atoms with Gasteiger partial charge in [0, 0.05) is 18.0 Å². The fourth-order valence-electron chi connectivity index (χ4n) is 3.71. The summed E-state index contributed by atoms with van der Waals surface area (Å²) in [6, 6.07) is 11.5. The predicted molar refractivity (Wildman–Crippen MR) is 131 cm³/mol. The molecular weight excluding hydrogens is 456 g/mol. The third kappa shape index (κ3) is 5.75. The first-order valence-electron chi connectivity index (χ1n) is 10.9. The first-order valence-corrected chi connectivity index (χ1v) is 12.7. The number of aryl methyl sites for hydroxylation is 1. The lowest BCUT2D eigenvalue weighted by Crippen LogP contribution is -2.43. The van der Waals surface area contributed by atoms with E-state index >= 15 is 0 Å². The Morgan fingerprint density at radius 1 is 1.00 bits per heavy atom. The van der Waals surface area contributed by atoms with Crippen LogP contribution in [0, 0.1) is 12.8 Å². The van der Waals surface area contributed by atoms with Gasteiger partial charge >= 0.3 is 0 Å². The largest absolute Gasteiger partial charge is 0.454 e. The Balaban J connectivity index is 1.55. The Morgan fingerprint density at radius 3 is 2.52 bits per heavy atom. The summed E-state index contributed by atoms with van der Waals surface area (Å²) >= 11 is 3.04. The summed E-state index contributed by atoms with van der Waals surface area (Å²) in [7, 11) is 0. The number of thiophene rings is 2. The highest BCUT2D eigenvalue weighted by Gasteiger charge is 2.25. The molecule has 2 amide bonds. The molecule has 174 valence electrons. The van der Waals surface area contributed by atoms with Crippen LogP contribution in [0.4, 0.5) is 0 Å². The Labute approximate surface area is 202 Å². The van der Waals surface area contributed by atoms with Gasteiger partial charge in [0.25, 0.3) is 5.91 Å². The number of hydrogen-bond donors (Lipinski definition) is 0. The number of ether oxygens (including phenoxy) is 2. The first kappa shape index (κ1) is 23.3. The highest BCUT2D eigenvalue weighted by molar-refractivity contribution is 7.12. The highest BCUT2D eigenvalue weighted by Crippen LogP contribution is 2.33. The number of nitrogens with zero attached hydrogens (tertiary/aromatic N) is 2. The molecule has 0 bridgehead atoms. The van der Waals surface area contributed by atoms with Gasteiger partial charge in [-0.15, -0.1) is 22.7 Å². The molecule has 0 aliphatic carbocycles. The fraction of sp³-hybridized carbons (Fsp3) is 0.360. The van der Waals surface area contributed by atoms with Crippen LogP contribution in [0.3, 0.4) is 0 Å². The summed E-state index contributed by atoms with van der Waals surface area (Å²) in [5.41, 5.74) is 2.12. The zero-order valence-electron chi connectivity index (χ0n) is 19.1. The number of fused-ring (bicyclic) bond motifs is 1. The number of rotatable bonds is 9. The molecule has 4 rings (SSSR count). The normalized spacial score (nSPS) is 12.2. The Morgan fingerprint density at radius 2 is 1.82 bits per heavy atom. The van der Waals surface area contributed by atoms with Crippen molar-refractivity contribution in [1.82, 2.24) is 9.80 Å². The molecular formula is C25H28N2O4S2. The van der Waals surface area contributed by atoms with Gasteiger partial charge in [0.05, 0.1) is 11.4 Å². The van der Waals surface area contributed by atoms with E-state index in [1.54, 1.807) is 16.2 Å². The smallest absolute Gasteiger partial charge is 0.264 e. The topological polar surface area (TPSA) is 59.1 Å². The molecule has 3 aromatic rings. The molecule has 0 spiro atoms. The molecule has 1 aliphatic heterocycles. The van der Waals surface area contributed by atoms with E-state index in [4.69, 9.17) is 9.47 Å². The second-order valence-electron chi connectivity index (χ2n) is 8.52. The minimum absolute atomic E-state index is 0.0455. The van der Waals surface area contributed by atoms with Crippen LogP contribution in [0.5, 0.6) is 11.5 Å². The SMILES string of the molecule is Cc1ccsc1CN(Cc1ccc2c(c1)OCO2)C(=O)CN(CC(C)C)C(=O)c1cccs1. The van der Waals surface area contributed by atoms with E-state index in [9.17, 15) is 9.59 Å². The van der Waals surface area contributed by atoms with Crippen LogP contribution in [0.1, 0.15) is 39.5 Å². The van der Waals surface area contributed by atoms with Crippen LogP contribution in [0.2, 0.25) is 0 Å². The van der Waals surface area contributed by atoms with Crippen molar-refractivity contribution in [2.75, 3.05) is 19.9 Å². The van der Waals surface area contributed by atoms with Crippen molar-refractivity contribution in [3.8, 4) is 11.5 Å². The lowest BCUT2D eigenvalue weighted by atomic mass is 10.1. The van der Waals surface area contributed by atoms with Gasteiger partial charge in [-0.1, -0.05) is 26.0 Å². The van der Waals surface area contributed by atoms with Crippen LogP contribution in [-0.4, -0.2) is 41.5 Å². The summed E-state index contributed by atoms with van der Waals surface area (Å²) in [5.74, 6) is 1.49. The first-order chi connectivity index (χ1) is 15.9. The van der Waals surface area contributed by atoms with Crippen molar-refractivity contribution in [2.24, 2.45) is 5.92 Å². The van der Waals surface area contributed by atoms with E-state index in [1.165, 1.54) is 11.3 Å². The average molecular weight is 485 g/mol. The fourth-order valence-corrected chi connectivity index (χ4v) is 5.32. The summed E-state index contributed by atoms with van der Waals surface area (Å²) in [5, 5.41) is 3.92. The molecule has 1 aliphatic rings. The Hall–Kier alpha value is -2.84. The number of amides is 2. The van der Waals surface area contributed by atoms with E-state index in [1.807, 2.05) is 46.0 Å². The number of carbonyl (C=O) groups excluding carboxylic acids is 2. The maximum absolute atomic E-state index is 13.6. The molecule has 0 saturated heterocycles. The zero-order valence-corrected chi connectivity index (χ0v) is 20.7. The molecule has 33 heavy (non-hydrogen) atoms. The van der Waals surface area contributed by atoms with Crippen molar-refractivity contribution in [3.63, 3.8) is 0 Å². The average Bonchev–Trinajstić information content (AvgIpc) is 3.54. The quantitative estimate of drug-likeness (QED) is 0.420. The Bertz CT molecular complexity index is 1110. The second kappa shape index (κ2) is 10.4. The van der Waals surface area contributed by atoms with Crippen molar-refractivity contribution in [2.45, 2.75) is 33.9 Å². The molecule has 0 unspecified atom stereocenters. The monoisotopic (exact) mass is 484 g/mol. The lowest BCUT2D eigenvalue weighted by molar-refractivity contribution is -0.133. The van der Waals surface area contributed by atoms with Gasteiger partial charge in [-0.05, 0) is 59.0 Å². The van der Waals surface area contributed by atoms with Crippen molar-refractivity contribution < 1.29 is 19.1 Å². The molecule has 0 radical (unpaired) electrons. The second-order valence-corrected chi connectivity index (χ2v) is 10.5. The third-order valence-corrected chi connectivity index (χ3v) is 7.26. The van der Waals surface area contributed by atoms with Gasteiger partial charge < -0.3 is 19.3 Å². The predicted octanol–water partition coefficient (Wildman–Crippen LogP) is 5.17. The summed E-state index contributed by atoms with van der Waals surface area (Å²) in [6.07, 6.45) is 0. The highest BCUT2D eigenvalue weighted by atomic mass is 32.1. The molecule has 0 N–H and O–H groups in total. The van der Waals surface area contributed by atoms with Crippen LogP contribution >= 0.6 is 22.7 Å². The molecule has 8 heteroatoms. The lowest BCUT2D eigenvalue weighted by Gasteiger charge is -2.28. The van der Waals surface area contributed by atoms with Gasteiger partial charge in [-0.2, -0.15) is 0 Å². The van der Waals surface area contributed by atoms with Crippen molar-refractivity contribution >= 4 is 34.5 Å². The third-order valence-electron chi connectivity index (χ3n) is 5.40. The molecule has 3 heterocycles. The minimum Gasteiger partial charge on any atom is -0.454 e. The Kier molecular flexibility index (Phi) is 7.35. The van der Waals surface area contributed by atoms with Crippen molar-refractivity contribution in [3.05, 3.63) is 68.0 Å². The van der Waals surface area contributed by atoms with Gasteiger partial charge in [-0.25, -0.2) is 0 Å². The molecule has 6 nitrogen and oxygen atoms in total. The van der Waals surface area contributed by atoms with Crippen LogP contribution in [0.25, 0.3) is 0 Å². The molecule has 0 atom stereocenters. The van der Waals surface area contributed by atoms with Crippen LogP contribution in [0.15, 0.2) is 47.2 Å². The molecule has 0 fully saturated rings. The van der Waals surface area contributed by atoms with Gasteiger partial charge in [-0.3, -0.25) is 9.59 Å². The van der Waals surface area contributed by atoms with Gasteiger partial charge in [0.2, 0.25) is 12.7 Å². The summed E-state index contributed by atoms with van der Waals surface area (Å²) in [6.45, 7) is 7.87. The van der Waals surface area contributed by atoms with Crippen LogP contribution in [-0.2, 0) is 17.9 Å².